The van der Waals surface area contributed by atoms with Crippen LogP contribution in [-0.2, 0) is 34.2 Å². The minimum absolute atomic E-state index is 0.0656. The predicted molar refractivity (Wildman–Crippen MR) is 130 cm³/mol. The zero-order chi connectivity index (χ0) is 25.3. The summed E-state index contributed by atoms with van der Waals surface area (Å²) in [5.74, 6) is -0.522. The number of fused-ring (bicyclic) bond motifs is 1. The van der Waals surface area contributed by atoms with E-state index in [4.69, 9.17) is 11.0 Å². The van der Waals surface area contributed by atoms with E-state index in [2.05, 4.69) is 0 Å². The largest absolute Gasteiger partial charge is 0.316 e. The Morgan fingerprint density at radius 3 is 2.51 bits per heavy atom. The van der Waals surface area contributed by atoms with Crippen molar-refractivity contribution in [2.75, 3.05) is 11.4 Å². The van der Waals surface area contributed by atoms with Gasteiger partial charge in [-0.25, -0.2) is 4.39 Å². The fourth-order valence-electron chi connectivity index (χ4n) is 4.50. The van der Waals surface area contributed by atoms with E-state index in [1.165, 1.54) is 25.1 Å². The minimum atomic E-state index is -4.30. The van der Waals surface area contributed by atoms with Gasteiger partial charge in [0.1, 0.15) is 5.82 Å². The van der Waals surface area contributed by atoms with Crippen molar-refractivity contribution >= 4 is 21.7 Å². The molecule has 3 N–H and O–H groups in total. The fourth-order valence-corrected chi connectivity index (χ4v) is 4.98. The Balaban J connectivity index is 1.79. The number of hydrogen-bond acceptors (Lipinski definition) is 5. The monoisotopic (exact) mass is 493 g/mol. The summed E-state index contributed by atoms with van der Waals surface area (Å²) in [6.45, 7) is 2.05. The Bertz CT molecular complexity index is 1450. The van der Waals surface area contributed by atoms with Gasteiger partial charge >= 0.3 is 0 Å². The van der Waals surface area contributed by atoms with Gasteiger partial charge in [-0.3, -0.25) is 9.35 Å². The molecule has 0 fully saturated rings. The highest BCUT2D eigenvalue weighted by Gasteiger charge is 2.27. The van der Waals surface area contributed by atoms with Gasteiger partial charge in [-0.1, -0.05) is 30.3 Å². The molecule has 35 heavy (non-hydrogen) atoms. The lowest BCUT2D eigenvalue weighted by atomic mass is 9.89. The second-order valence-electron chi connectivity index (χ2n) is 8.55. The first-order chi connectivity index (χ1) is 16.6. The van der Waals surface area contributed by atoms with E-state index >= 15 is 0 Å². The van der Waals surface area contributed by atoms with Crippen LogP contribution in [0.1, 0.15) is 29.2 Å². The molecule has 7 nitrogen and oxygen atoms in total. The van der Waals surface area contributed by atoms with Crippen molar-refractivity contribution in [3.63, 3.8) is 0 Å². The summed E-state index contributed by atoms with van der Waals surface area (Å²) in [5, 5.41) is 8.94. The van der Waals surface area contributed by atoms with Crippen LogP contribution >= 0.6 is 0 Å². The van der Waals surface area contributed by atoms with Crippen molar-refractivity contribution in [1.82, 2.24) is 0 Å². The van der Waals surface area contributed by atoms with E-state index in [9.17, 15) is 22.2 Å². The van der Waals surface area contributed by atoms with Gasteiger partial charge in [-0.05, 0) is 70.5 Å². The lowest BCUT2D eigenvalue weighted by Crippen LogP contribution is -2.25. The molecule has 180 valence electrons. The predicted octanol–water partition coefficient (Wildman–Crippen LogP) is 3.63. The molecular formula is C26H24FN3O4S. The van der Waals surface area contributed by atoms with E-state index in [0.717, 1.165) is 27.9 Å². The molecule has 1 aliphatic rings. The van der Waals surface area contributed by atoms with Gasteiger partial charge in [0.25, 0.3) is 10.1 Å². The van der Waals surface area contributed by atoms with Crippen LogP contribution in [0.5, 0.6) is 0 Å². The zero-order valence-electron chi connectivity index (χ0n) is 19.0. The summed E-state index contributed by atoms with van der Waals surface area (Å²) in [5.41, 5.74) is 10.9. The number of benzene rings is 3. The molecule has 1 aliphatic heterocycles. The molecule has 3 aromatic rings. The number of carbonyl (C=O) groups is 1. The third kappa shape index (κ3) is 5.10. The van der Waals surface area contributed by atoms with E-state index < -0.39 is 22.0 Å². The standard InChI is InChI=1S/C26H24FN3O4S/c1-16(31)30-11-10-23-24(12-17-2-6-21(7-3-17)35(32,33)34)22(8-9-26(23)30)18-4-5-19(25(27)14-18)13-20(29)15-28/h2-9,14,20H,10-13,29H2,1H3,(H,32,33,34)/t20-/m0/s1. The number of rotatable bonds is 6. The topological polar surface area (TPSA) is 124 Å². The second kappa shape index (κ2) is 9.58. The van der Waals surface area contributed by atoms with Crippen molar-refractivity contribution in [2.24, 2.45) is 5.73 Å². The minimum Gasteiger partial charge on any atom is -0.316 e. The van der Waals surface area contributed by atoms with Gasteiger partial charge < -0.3 is 10.6 Å². The lowest BCUT2D eigenvalue weighted by Gasteiger charge is -2.19. The Labute approximate surface area is 203 Å². The van der Waals surface area contributed by atoms with E-state index in [1.54, 1.807) is 29.2 Å². The molecule has 0 aromatic heterocycles. The van der Waals surface area contributed by atoms with Crippen LogP contribution < -0.4 is 10.6 Å². The number of hydrogen-bond donors (Lipinski definition) is 2. The van der Waals surface area contributed by atoms with Crippen LogP contribution in [-0.4, -0.2) is 31.5 Å². The van der Waals surface area contributed by atoms with Gasteiger partial charge in [-0.2, -0.15) is 13.7 Å². The maximum Gasteiger partial charge on any atom is 0.294 e. The maximum absolute atomic E-state index is 14.9. The van der Waals surface area contributed by atoms with Gasteiger partial charge in [0.2, 0.25) is 5.91 Å². The zero-order valence-corrected chi connectivity index (χ0v) is 19.8. The number of halogens is 1. The molecule has 1 atom stereocenters. The molecule has 9 heteroatoms. The molecule has 0 unspecified atom stereocenters. The molecule has 1 amide bonds. The number of carbonyl (C=O) groups excluding carboxylic acids is 1. The summed E-state index contributed by atoms with van der Waals surface area (Å²) in [6, 6.07) is 15.6. The summed E-state index contributed by atoms with van der Waals surface area (Å²) >= 11 is 0. The van der Waals surface area contributed by atoms with E-state index in [-0.39, 0.29) is 17.2 Å². The first kappa shape index (κ1) is 24.5. The summed E-state index contributed by atoms with van der Waals surface area (Å²) < 4.78 is 46.9. The summed E-state index contributed by atoms with van der Waals surface area (Å²) in [6.07, 6.45) is 1.16. The SMILES string of the molecule is CC(=O)N1CCc2c1ccc(-c1ccc(C[C@H](N)C#N)c(F)c1)c2Cc1ccc(S(=O)(=O)O)cc1. The van der Waals surface area contributed by atoms with Crippen LogP contribution in [0.4, 0.5) is 10.1 Å². The maximum atomic E-state index is 14.9. The molecule has 0 spiro atoms. The summed E-state index contributed by atoms with van der Waals surface area (Å²) in [4.78, 5) is 13.6. The summed E-state index contributed by atoms with van der Waals surface area (Å²) in [7, 11) is -4.30. The Kier molecular flexibility index (Phi) is 6.72. The van der Waals surface area contributed by atoms with Crippen LogP contribution in [0.15, 0.2) is 59.5 Å². The Morgan fingerprint density at radius 1 is 1.20 bits per heavy atom. The van der Waals surface area contributed by atoms with Crippen LogP contribution in [0.3, 0.4) is 0 Å². The van der Waals surface area contributed by atoms with E-state index in [1.807, 2.05) is 18.2 Å². The Hall–Kier alpha value is -3.58. The van der Waals surface area contributed by atoms with Crippen molar-refractivity contribution < 1.29 is 22.2 Å². The average Bonchev–Trinajstić information content (AvgIpc) is 3.25. The molecule has 3 aromatic carbocycles. The number of anilines is 1. The van der Waals surface area contributed by atoms with Crippen molar-refractivity contribution in [3.8, 4) is 17.2 Å². The third-order valence-corrected chi connectivity index (χ3v) is 7.10. The van der Waals surface area contributed by atoms with Crippen molar-refractivity contribution in [2.45, 2.75) is 37.1 Å². The normalized spacial score (nSPS) is 13.9. The molecule has 0 saturated heterocycles. The second-order valence-corrected chi connectivity index (χ2v) is 9.97. The van der Waals surface area contributed by atoms with Gasteiger partial charge in [0.05, 0.1) is 17.0 Å². The van der Waals surface area contributed by atoms with Crippen LogP contribution in [0.25, 0.3) is 11.1 Å². The van der Waals surface area contributed by atoms with Gasteiger partial charge in [0, 0.05) is 25.6 Å². The first-order valence-corrected chi connectivity index (χ1v) is 12.5. The molecule has 0 saturated carbocycles. The van der Waals surface area contributed by atoms with Gasteiger partial charge in [-0.15, -0.1) is 0 Å². The molecule has 0 bridgehead atoms. The molecule has 0 aliphatic carbocycles. The van der Waals surface area contributed by atoms with Crippen molar-refractivity contribution in [1.29, 1.82) is 5.26 Å². The molecule has 0 radical (unpaired) electrons. The number of amides is 1. The third-order valence-electron chi connectivity index (χ3n) is 6.23. The number of nitrogens with zero attached hydrogens (tertiary/aromatic N) is 2. The van der Waals surface area contributed by atoms with Crippen LogP contribution in [0.2, 0.25) is 0 Å². The fraction of sp³-hybridized carbons (Fsp3) is 0.231. The first-order valence-electron chi connectivity index (χ1n) is 11.0. The highest BCUT2D eigenvalue weighted by atomic mass is 32.2. The molecule has 1 heterocycles. The number of nitriles is 1. The lowest BCUT2D eigenvalue weighted by molar-refractivity contribution is -0.116. The average molecular weight is 494 g/mol. The highest BCUT2D eigenvalue weighted by Crippen LogP contribution is 2.38. The Morgan fingerprint density at radius 2 is 1.91 bits per heavy atom. The van der Waals surface area contributed by atoms with Crippen molar-refractivity contribution in [3.05, 3.63) is 82.7 Å². The van der Waals surface area contributed by atoms with Gasteiger partial charge in [0.15, 0.2) is 0 Å². The highest BCUT2D eigenvalue weighted by molar-refractivity contribution is 7.85. The number of nitrogens with two attached hydrogens (primary N) is 1. The quantitative estimate of drug-likeness (QED) is 0.505. The molecule has 4 rings (SSSR count). The smallest absolute Gasteiger partial charge is 0.294 e. The van der Waals surface area contributed by atoms with Crippen LogP contribution in [0, 0.1) is 17.1 Å². The molecular weight excluding hydrogens is 469 g/mol. The van der Waals surface area contributed by atoms with E-state index in [0.29, 0.717) is 30.5 Å².